The summed E-state index contributed by atoms with van der Waals surface area (Å²) in [5.41, 5.74) is 1.11. The van der Waals surface area contributed by atoms with E-state index in [0.717, 1.165) is 24.1 Å². The summed E-state index contributed by atoms with van der Waals surface area (Å²) >= 11 is 0. The van der Waals surface area contributed by atoms with Gasteiger partial charge in [0.15, 0.2) is 0 Å². The number of hydrogen-bond acceptors (Lipinski definition) is 6. The van der Waals surface area contributed by atoms with Gasteiger partial charge in [-0.05, 0) is 30.5 Å². The second-order valence-electron chi connectivity index (χ2n) is 5.38. The van der Waals surface area contributed by atoms with Gasteiger partial charge in [-0.3, -0.25) is 4.79 Å². The molecule has 1 aromatic carbocycles. The number of carbonyl (C=O) groups excluding carboxylic acids is 1. The lowest BCUT2D eigenvalue weighted by atomic mass is 9.99. The molecule has 1 N–H and O–H groups in total. The molecular weight excluding hydrogens is 302 g/mol. The van der Waals surface area contributed by atoms with Crippen molar-refractivity contribution in [3.05, 3.63) is 39.7 Å². The van der Waals surface area contributed by atoms with Crippen LogP contribution in [0.2, 0.25) is 0 Å². The van der Waals surface area contributed by atoms with Crippen LogP contribution in [0.1, 0.15) is 22.3 Å². The first-order chi connectivity index (χ1) is 11.0. The number of benzene rings is 1. The number of rotatable bonds is 3. The molecule has 7 nitrogen and oxygen atoms in total. The monoisotopic (exact) mass is 317 g/mol. The van der Waals surface area contributed by atoms with Crippen LogP contribution in [0.5, 0.6) is 0 Å². The molecule has 0 aliphatic carbocycles. The van der Waals surface area contributed by atoms with Crippen LogP contribution in [-0.2, 0) is 16.0 Å². The van der Waals surface area contributed by atoms with Crippen LogP contribution in [0.4, 0.5) is 5.69 Å². The van der Waals surface area contributed by atoms with E-state index >= 15 is 0 Å². The third kappa shape index (κ3) is 2.77. The number of methoxy groups -OCH3 is 1. The lowest BCUT2D eigenvalue weighted by Gasteiger charge is -2.30. The Bertz CT molecular complexity index is 854. The first-order valence-corrected chi connectivity index (χ1v) is 7.15. The third-order valence-corrected chi connectivity index (χ3v) is 3.88. The van der Waals surface area contributed by atoms with Crippen molar-refractivity contribution in [1.29, 1.82) is 0 Å². The normalized spacial score (nSPS) is 13.7. The van der Waals surface area contributed by atoms with Crippen molar-refractivity contribution in [1.82, 2.24) is 0 Å². The molecule has 2 aromatic rings. The van der Waals surface area contributed by atoms with Gasteiger partial charge in [-0.25, -0.2) is 9.59 Å². The average Bonchev–Trinajstić information content (AvgIpc) is 2.52. The molecule has 0 spiro atoms. The summed E-state index contributed by atoms with van der Waals surface area (Å²) in [6, 6.07) is 4.94. The summed E-state index contributed by atoms with van der Waals surface area (Å²) in [5, 5.41) is 9.62. The molecule has 0 bridgehead atoms. The molecule has 0 unspecified atom stereocenters. The maximum atomic E-state index is 11.9. The molecule has 7 heteroatoms. The summed E-state index contributed by atoms with van der Waals surface area (Å²) in [7, 11) is 1.20. The van der Waals surface area contributed by atoms with Crippen LogP contribution >= 0.6 is 0 Å². The SMILES string of the molecule is COC(=O)c1cc2cc3c(cc2oc1=O)N(CC(=O)O)CCC3. The summed E-state index contributed by atoms with van der Waals surface area (Å²) in [5.74, 6) is -1.66. The quantitative estimate of drug-likeness (QED) is 0.675. The van der Waals surface area contributed by atoms with Crippen molar-refractivity contribution in [2.45, 2.75) is 12.8 Å². The number of esters is 1. The highest BCUT2D eigenvalue weighted by Gasteiger charge is 2.21. The van der Waals surface area contributed by atoms with E-state index in [1.807, 2.05) is 6.07 Å². The molecule has 0 saturated carbocycles. The number of ether oxygens (including phenoxy) is 1. The van der Waals surface area contributed by atoms with Crippen LogP contribution < -0.4 is 10.5 Å². The summed E-state index contributed by atoms with van der Waals surface area (Å²) in [6.45, 7) is 0.526. The highest BCUT2D eigenvalue weighted by Crippen LogP contribution is 2.31. The van der Waals surface area contributed by atoms with Gasteiger partial charge in [-0.1, -0.05) is 0 Å². The Hall–Kier alpha value is -2.83. The van der Waals surface area contributed by atoms with Gasteiger partial charge in [0.05, 0.1) is 7.11 Å². The predicted octanol–water partition coefficient (Wildman–Crippen LogP) is 1.42. The van der Waals surface area contributed by atoms with E-state index in [2.05, 4.69) is 4.74 Å². The second-order valence-corrected chi connectivity index (χ2v) is 5.38. The molecular formula is C16H15NO6. The smallest absolute Gasteiger partial charge is 0.351 e. The standard InChI is InChI=1S/C16H15NO6/c1-22-15(20)11-6-10-5-9-3-2-4-17(8-14(18)19)12(9)7-13(10)23-16(11)21/h5-7H,2-4,8H2,1H3,(H,18,19). The van der Waals surface area contributed by atoms with Gasteiger partial charge in [0.1, 0.15) is 17.7 Å². The van der Waals surface area contributed by atoms with E-state index in [1.165, 1.54) is 13.2 Å². The molecule has 1 aliphatic heterocycles. The maximum absolute atomic E-state index is 11.9. The number of aryl methyl sites for hydroxylation is 1. The van der Waals surface area contributed by atoms with E-state index in [9.17, 15) is 14.4 Å². The minimum Gasteiger partial charge on any atom is -0.480 e. The number of aliphatic carboxylic acids is 1. The largest absolute Gasteiger partial charge is 0.480 e. The average molecular weight is 317 g/mol. The van der Waals surface area contributed by atoms with E-state index in [1.54, 1.807) is 11.0 Å². The number of hydrogen-bond donors (Lipinski definition) is 1. The summed E-state index contributed by atoms with van der Waals surface area (Å²) < 4.78 is 9.77. The topological polar surface area (TPSA) is 97.0 Å². The molecule has 23 heavy (non-hydrogen) atoms. The Kier molecular flexibility index (Phi) is 3.77. The Morgan fingerprint density at radius 2 is 2.13 bits per heavy atom. The highest BCUT2D eigenvalue weighted by atomic mass is 16.5. The van der Waals surface area contributed by atoms with Crippen LogP contribution in [0.3, 0.4) is 0 Å². The number of carboxylic acids is 1. The summed E-state index contributed by atoms with van der Waals surface area (Å²) in [6.07, 6.45) is 1.64. The number of carboxylic acid groups (broad SMARTS) is 1. The Labute approximate surface area is 131 Å². The molecule has 0 radical (unpaired) electrons. The molecule has 0 fully saturated rings. The van der Waals surface area contributed by atoms with Crippen molar-refractivity contribution in [2.75, 3.05) is 25.1 Å². The Morgan fingerprint density at radius 3 is 2.83 bits per heavy atom. The molecule has 0 saturated heterocycles. The van der Waals surface area contributed by atoms with Gasteiger partial charge in [0.25, 0.3) is 0 Å². The van der Waals surface area contributed by atoms with Gasteiger partial charge in [-0.2, -0.15) is 0 Å². The van der Waals surface area contributed by atoms with Crippen molar-refractivity contribution in [2.24, 2.45) is 0 Å². The zero-order valence-electron chi connectivity index (χ0n) is 12.5. The molecule has 0 amide bonds. The highest BCUT2D eigenvalue weighted by molar-refractivity contribution is 5.94. The van der Waals surface area contributed by atoms with Gasteiger partial charge >= 0.3 is 17.6 Å². The first kappa shape index (κ1) is 15.1. The lowest BCUT2D eigenvalue weighted by molar-refractivity contribution is -0.135. The number of anilines is 1. The molecule has 1 aliphatic rings. The van der Waals surface area contributed by atoms with Crippen LogP contribution in [0, 0.1) is 0 Å². The zero-order chi connectivity index (χ0) is 16.6. The van der Waals surface area contributed by atoms with E-state index in [-0.39, 0.29) is 12.1 Å². The van der Waals surface area contributed by atoms with Gasteiger partial charge in [0, 0.05) is 23.7 Å². The molecule has 1 aromatic heterocycles. The number of nitrogens with zero attached hydrogens (tertiary/aromatic N) is 1. The van der Waals surface area contributed by atoms with Crippen molar-refractivity contribution in [3.63, 3.8) is 0 Å². The minimum absolute atomic E-state index is 0.108. The predicted molar refractivity (Wildman–Crippen MR) is 82.0 cm³/mol. The lowest BCUT2D eigenvalue weighted by Crippen LogP contribution is -2.34. The second kappa shape index (κ2) is 5.75. The Balaban J connectivity index is 2.14. The van der Waals surface area contributed by atoms with Gasteiger partial charge < -0.3 is 19.2 Å². The fourth-order valence-corrected chi connectivity index (χ4v) is 2.86. The molecule has 0 atom stereocenters. The van der Waals surface area contributed by atoms with E-state index in [4.69, 9.17) is 9.52 Å². The van der Waals surface area contributed by atoms with E-state index in [0.29, 0.717) is 17.5 Å². The van der Waals surface area contributed by atoms with Crippen LogP contribution in [0.15, 0.2) is 27.4 Å². The molecule has 3 rings (SSSR count). The van der Waals surface area contributed by atoms with Crippen LogP contribution in [0.25, 0.3) is 11.0 Å². The third-order valence-electron chi connectivity index (χ3n) is 3.88. The van der Waals surface area contributed by atoms with Gasteiger partial charge in [-0.15, -0.1) is 0 Å². The first-order valence-electron chi connectivity index (χ1n) is 7.15. The number of carbonyl (C=O) groups is 2. The van der Waals surface area contributed by atoms with E-state index < -0.39 is 17.6 Å². The number of fused-ring (bicyclic) bond motifs is 2. The fraction of sp³-hybridized carbons (Fsp3) is 0.312. The van der Waals surface area contributed by atoms with Gasteiger partial charge in [0.2, 0.25) is 0 Å². The van der Waals surface area contributed by atoms with Crippen molar-refractivity contribution in [3.8, 4) is 0 Å². The van der Waals surface area contributed by atoms with Crippen molar-refractivity contribution >= 4 is 28.6 Å². The molecule has 2 heterocycles. The minimum atomic E-state index is -0.916. The summed E-state index contributed by atoms with van der Waals surface area (Å²) in [4.78, 5) is 36.2. The van der Waals surface area contributed by atoms with Crippen LogP contribution in [-0.4, -0.2) is 37.2 Å². The Morgan fingerprint density at radius 1 is 1.35 bits per heavy atom. The molecule has 120 valence electrons. The zero-order valence-corrected chi connectivity index (χ0v) is 12.5. The van der Waals surface area contributed by atoms with Crippen molar-refractivity contribution < 1.29 is 23.8 Å². The fourth-order valence-electron chi connectivity index (χ4n) is 2.86. The maximum Gasteiger partial charge on any atom is 0.351 e.